The van der Waals surface area contributed by atoms with Crippen LogP contribution in [0.2, 0.25) is 10.0 Å². The first kappa shape index (κ1) is 24.6. The number of ketones is 1. The van der Waals surface area contributed by atoms with Crippen LogP contribution in [0.4, 0.5) is 4.39 Å². The molecule has 176 valence electrons. The molecule has 2 atom stereocenters. The molecule has 8 heteroatoms. The van der Waals surface area contributed by atoms with E-state index in [1.165, 1.54) is 24.3 Å². The third kappa shape index (κ3) is 6.30. The Bertz CT molecular complexity index is 1140. The fraction of sp³-hybridized carbons (Fsp3) is 0.192. The number of carbonyl (C=O) groups is 1. The Labute approximate surface area is 213 Å². The van der Waals surface area contributed by atoms with Crippen LogP contribution in [-0.4, -0.2) is 34.3 Å². The van der Waals surface area contributed by atoms with Gasteiger partial charge in [-0.3, -0.25) is 4.79 Å². The van der Waals surface area contributed by atoms with Gasteiger partial charge in [-0.2, -0.15) is 0 Å². The molecule has 1 aliphatic heterocycles. The van der Waals surface area contributed by atoms with Gasteiger partial charge >= 0.3 is 0 Å². The van der Waals surface area contributed by atoms with Crippen LogP contribution in [-0.2, 0) is 11.3 Å². The highest BCUT2D eigenvalue weighted by molar-refractivity contribution is 6.30. The van der Waals surface area contributed by atoms with Crippen molar-refractivity contribution in [2.75, 3.05) is 13.2 Å². The molecule has 0 fully saturated rings. The lowest BCUT2D eigenvalue weighted by molar-refractivity contribution is 0.00695. The number of hydrogen-bond acceptors (Lipinski definition) is 4. The van der Waals surface area contributed by atoms with Crippen LogP contribution >= 0.6 is 34.8 Å². The number of Topliss-reactive ketones (excluding diaryl/α,β-unsaturated/α-hetero) is 1. The maximum absolute atomic E-state index is 13.1. The highest BCUT2D eigenvalue weighted by atomic mass is 35.5. The second kappa shape index (κ2) is 11.2. The number of nitrogens with zero attached hydrogens (tertiary/aromatic N) is 2. The van der Waals surface area contributed by atoms with E-state index in [0.717, 1.165) is 11.1 Å². The third-order valence-electron chi connectivity index (χ3n) is 5.43. The van der Waals surface area contributed by atoms with Gasteiger partial charge in [0.15, 0.2) is 5.78 Å². The minimum atomic E-state index is -0.546. The highest BCUT2D eigenvalue weighted by Crippen LogP contribution is 2.32. The maximum Gasteiger partial charge on any atom is 0.182 e. The average Bonchev–Trinajstić information content (AvgIpc) is 3.30. The highest BCUT2D eigenvalue weighted by Gasteiger charge is 2.30. The summed E-state index contributed by atoms with van der Waals surface area (Å²) in [5, 5.41) is 1.28. The molecule has 0 amide bonds. The SMILES string of the molecule is O=C(CN1C=CN(C(Cl)C(OCc2ccc(Cl)cc2)c2ccc(Cl)cc2)C1)c1ccc(F)cc1. The van der Waals surface area contributed by atoms with E-state index in [9.17, 15) is 9.18 Å². The van der Waals surface area contributed by atoms with Crippen LogP contribution in [0.3, 0.4) is 0 Å². The van der Waals surface area contributed by atoms with Crippen LogP contribution in [0, 0.1) is 5.82 Å². The van der Waals surface area contributed by atoms with Gasteiger partial charge in [0.25, 0.3) is 0 Å². The molecule has 0 saturated carbocycles. The number of halogens is 4. The van der Waals surface area contributed by atoms with Crippen molar-refractivity contribution in [3.05, 3.63) is 118 Å². The molecule has 2 unspecified atom stereocenters. The molecule has 0 aliphatic carbocycles. The molecule has 0 bridgehead atoms. The molecule has 4 rings (SSSR count). The van der Waals surface area contributed by atoms with E-state index < -0.39 is 11.6 Å². The Morgan fingerprint density at radius 1 is 0.912 bits per heavy atom. The molecule has 34 heavy (non-hydrogen) atoms. The van der Waals surface area contributed by atoms with Crippen molar-refractivity contribution < 1.29 is 13.9 Å². The molecule has 0 radical (unpaired) electrons. The molecule has 3 aromatic rings. The number of benzene rings is 3. The van der Waals surface area contributed by atoms with E-state index in [2.05, 4.69) is 0 Å². The minimum Gasteiger partial charge on any atom is -0.365 e. The zero-order chi connectivity index (χ0) is 24.1. The summed E-state index contributed by atoms with van der Waals surface area (Å²) >= 11 is 19.0. The summed E-state index contributed by atoms with van der Waals surface area (Å²) in [5.41, 5.74) is 1.76. The van der Waals surface area contributed by atoms with Crippen molar-refractivity contribution in [2.24, 2.45) is 0 Å². The number of ether oxygens (including phenoxy) is 1. The molecule has 0 spiro atoms. The average molecular weight is 520 g/mol. The van der Waals surface area contributed by atoms with Crippen LogP contribution < -0.4 is 0 Å². The molecule has 1 aliphatic rings. The Hall–Kier alpha value is -2.57. The van der Waals surface area contributed by atoms with Gasteiger partial charge in [0.05, 0.1) is 19.8 Å². The Morgan fingerprint density at radius 3 is 2.18 bits per heavy atom. The molecular formula is C26H22Cl3FN2O2. The second-order valence-electron chi connectivity index (χ2n) is 7.91. The summed E-state index contributed by atoms with van der Waals surface area (Å²) in [7, 11) is 0. The molecule has 4 nitrogen and oxygen atoms in total. The van der Waals surface area contributed by atoms with Gasteiger partial charge in [-0.15, -0.1) is 0 Å². The first-order chi connectivity index (χ1) is 16.4. The second-order valence-corrected chi connectivity index (χ2v) is 9.23. The van der Waals surface area contributed by atoms with Gasteiger partial charge in [0, 0.05) is 28.0 Å². The monoisotopic (exact) mass is 518 g/mol. The molecule has 0 N–H and O–H groups in total. The summed E-state index contributed by atoms with van der Waals surface area (Å²) < 4.78 is 19.4. The summed E-state index contributed by atoms with van der Waals surface area (Å²) in [6, 6.07) is 20.3. The Kier molecular flexibility index (Phi) is 8.11. The van der Waals surface area contributed by atoms with Crippen LogP contribution in [0.25, 0.3) is 0 Å². The van der Waals surface area contributed by atoms with Crippen LogP contribution in [0.5, 0.6) is 0 Å². The number of carbonyl (C=O) groups excluding carboxylic acids is 1. The van der Waals surface area contributed by atoms with Crippen molar-refractivity contribution in [3.63, 3.8) is 0 Å². The zero-order valence-corrected chi connectivity index (χ0v) is 20.3. The van der Waals surface area contributed by atoms with E-state index >= 15 is 0 Å². The lowest BCUT2D eigenvalue weighted by Gasteiger charge is -2.31. The van der Waals surface area contributed by atoms with Crippen molar-refractivity contribution >= 4 is 40.6 Å². The fourth-order valence-corrected chi connectivity index (χ4v) is 4.18. The standard InChI is InChI=1S/C26H22Cl3FN2O2/c27-21-7-1-18(2-8-21)16-34-25(20-3-9-22(28)10-4-20)26(29)32-14-13-31(17-32)15-24(33)19-5-11-23(30)12-6-19/h1-14,25-26H,15-17H2. The van der Waals surface area contributed by atoms with Gasteiger partial charge in [-0.25, -0.2) is 4.39 Å². The maximum atomic E-state index is 13.1. The molecule has 0 aromatic heterocycles. The fourth-order valence-electron chi connectivity index (χ4n) is 3.59. The summed E-state index contributed by atoms with van der Waals surface area (Å²) in [5.74, 6) is -0.480. The lowest BCUT2D eigenvalue weighted by Crippen LogP contribution is -2.37. The molecular weight excluding hydrogens is 498 g/mol. The number of hydrogen-bond donors (Lipinski definition) is 0. The van der Waals surface area contributed by atoms with Crippen molar-refractivity contribution in [1.82, 2.24) is 9.80 Å². The molecule has 0 saturated heterocycles. The van der Waals surface area contributed by atoms with Crippen LogP contribution in [0.15, 0.2) is 85.2 Å². The van der Waals surface area contributed by atoms with Gasteiger partial charge in [0.1, 0.15) is 17.4 Å². The third-order valence-corrected chi connectivity index (χ3v) is 6.42. The Balaban J connectivity index is 1.43. The number of rotatable bonds is 9. The van der Waals surface area contributed by atoms with Crippen molar-refractivity contribution in [2.45, 2.75) is 18.2 Å². The number of alkyl halides is 1. The van der Waals surface area contributed by atoms with Gasteiger partial charge in [0.2, 0.25) is 0 Å². The van der Waals surface area contributed by atoms with Gasteiger partial charge in [-0.1, -0.05) is 59.1 Å². The normalized spacial score (nSPS) is 14.9. The summed E-state index contributed by atoms with van der Waals surface area (Å²) in [6.07, 6.45) is 3.19. The van der Waals surface area contributed by atoms with E-state index in [0.29, 0.717) is 28.9 Å². The van der Waals surface area contributed by atoms with Crippen LogP contribution in [0.1, 0.15) is 27.6 Å². The summed E-state index contributed by atoms with van der Waals surface area (Å²) in [4.78, 5) is 16.3. The van der Waals surface area contributed by atoms with Crippen molar-refractivity contribution in [3.8, 4) is 0 Å². The lowest BCUT2D eigenvalue weighted by atomic mass is 10.1. The zero-order valence-electron chi connectivity index (χ0n) is 18.1. The first-order valence-corrected chi connectivity index (χ1v) is 11.8. The predicted molar refractivity (Wildman–Crippen MR) is 133 cm³/mol. The molecule has 3 aromatic carbocycles. The van der Waals surface area contributed by atoms with Crippen molar-refractivity contribution in [1.29, 1.82) is 0 Å². The largest absolute Gasteiger partial charge is 0.365 e. The van der Waals surface area contributed by atoms with E-state index in [4.69, 9.17) is 39.5 Å². The Morgan fingerprint density at radius 2 is 1.53 bits per heavy atom. The van der Waals surface area contributed by atoms with Gasteiger partial charge in [-0.05, 0) is 59.7 Å². The predicted octanol–water partition coefficient (Wildman–Crippen LogP) is 6.88. The van der Waals surface area contributed by atoms with Gasteiger partial charge < -0.3 is 14.5 Å². The first-order valence-electron chi connectivity index (χ1n) is 10.6. The smallest absolute Gasteiger partial charge is 0.182 e. The van der Waals surface area contributed by atoms with E-state index in [-0.39, 0.29) is 18.1 Å². The quantitative estimate of drug-likeness (QED) is 0.175. The minimum absolute atomic E-state index is 0.106. The van der Waals surface area contributed by atoms with E-state index in [1.807, 2.05) is 58.6 Å². The molecule has 1 heterocycles. The van der Waals surface area contributed by atoms with E-state index in [1.54, 1.807) is 12.1 Å². The summed E-state index contributed by atoms with van der Waals surface area (Å²) in [6.45, 7) is 0.910. The topological polar surface area (TPSA) is 32.8 Å².